The van der Waals surface area contributed by atoms with E-state index in [0.29, 0.717) is 6.42 Å². The molecule has 0 bridgehead atoms. The molecule has 3 rings (SSSR count). The van der Waals surface area contributed by atoms with Crippen LogP contribution in [-0.4, -0.2) is 10.1 Å². The summed E-state index contributed by atoms with van der Waals surface area (Å²) in [4.78, 5) is 4.26. The summed E-state index contributed by atoms with van der Waals surface area (Å²) in [5.41, 5.74) is 2.84. The van der Waals surface area contributed by atoms with Crippen molar-refractivity contribution in [1.29, 1.82) is 0 Å². The van der Waals surface area contributed by atoms with Gasteiger partial charge < -0.3 is 9.52 Å². The van der Waals surface area contributed by atoms with Crippen molar-refractivity contribution < 1.29 is 9.52 Å². The van der Waals surface area contributed by atoms with E-state index in [4.69, 9.17) is 4.42 Å². The van der Waals surface area contributed by atoms with Gasteiger partial charge in [0.2, 0.25) is 0 Å². The van der Waals surface area contributed by atoms with E-state index in [1.807, 2.05) is 36.4 Å². The summed E-state index contributed by atoms with van der Waals surface area (Å²) in [6.45, 7) is 0. The number of aliphatic hydroxyl groups excluding tert-OH is 1. The molecule has 3 heteroatoms. The zero-order valence-electron chi connectivity index (χ0n) is 9.78. The average Bonchev–Trinajstić information content (AvgIpc) is 2.91. The van der Waals surface area contributed by atoms with E-state index in [2.05, 4.69) is 4.98 Å². The first-order chi connectivity index (χ1) is 8.83. The van der Waals surface area contributed by atoms with Crippen molar-refractivity contribution in [2.24, 2.45) is 0 Å². The molecule has 0 amide bonds. The summed E-state index contributed by atoms with van der Waals surface area (Å²) < 4.78 is 5.00. The summed E-state index contributed by atoms with van der Waals surface area (Å²) in [6.07, 6.45) is 5.08. The second-order valence-corrected chi connectivity index (χ2v) is 4.31. The minimum absolute atomic E-state index is 0.521. The van der Waals surface area contributed by atoms with Crippen molar-refractivity contribution >= 4 is 10.9 Å². The number of fused-ring (bicyclic) bond motifs is 1. The first kappa shape index (κ1) is 11.0. The molecule has 0 aliphatic heterocycles. The number of aliphatic hydroxyl groups is 1. The number of rotatable bonds is 3. The van der Waals surface area contributed by atoms with Crippen molar-refractivity contribution in [3.8, 4) is 0 Å². The molecule has 0 spiro atoms. The molecule has 0 fully saturated rings. The molecule has 2 heterocycles. The number of nitrogens with zero attached hydrogens (tertiary/aromatic N) is 1. The Labute approximate surface area is 105 Å². The van der Waals surface area contributed by atoms with E-state index >= 15 is 0 Å². The first-order valence-electron chi connectivity index (χ1n) is 5.87. The zero-order valence-corrected chi connectivity index (χ0v) is 9.78. The molecule has 0 radical (unpaired) electrons. The number of pyridine rings is 1. The maximum atomic E-state index is 10.2. The van der Waals surface area contributed by atoms with Gasteiger partial charge in [-0.1, -0.05) is 12.1 Å². The van der Waals surface area contributed by atoms with Gasteiger partial charge in [0.15, 0.2) is 0 Å². The second-order valence-electron chi connectivity index (χ2n) is 4.31. The van der Waals surface area contributed by atoms with Crippen LogP contribution in [0.25, 0.3) is 10.9 Å². The molecule has 1 aromatic carbocycles. The van der Waals surface area contributed by atoms with Crippen LogP contribution in [0.2, 0.25) is 0 Å². The fourth-order valence-electron chi connectivity index (χ4n) is 2.05. The molecule has 1 atom stereocenters. The van der Waals surface area contributed by atoms with E-state index in [0.717, 1.165) is 22.0 Å². The summed E-state index contributed by atoms with van der Waals surface area (Å²) in [6, 6.07) is 11.6. The standard InChI is InChI=1S/C15H13NO2/c17-15(8-11-5-7-18-10-11)13-3-4-14-12(9-13)2-1-6-16-14/h1-7,9-10,15,17H,8H2. The third-order valence-electron chi connectivity index (χ3n) is 3.02. The van der Waals surface area contributed by atoms with Crippen LogP contribution in [0, 0.1) is 0 Å². The summed E-state index contributed by atoms with van der Waals surface area (Å²) >= 11 is 0. The van der Waals surface area contributed by atoms with Crippen LogP contribution < -0.4 is 0 Å². The third-order valence-corrected chi connectivity index (χ3v) is 3.02. The van der Waals surface area contributed by atoms with E-state index in [1.165, 1.54) is 0 Å². The maximum Gasteiger partial charge on any atom is 0.0935 e. The fourth-order valence-corrected chi connectivity index (χ4v) is 2.05. The summed E-state index contributed by atoms with van der Waals surface area (Å²) in [5, 5.41) is 11.2. The summed E-state index contributed by atoms with van der Waals surface area (Å²) in [5.74, 6) is 0. The van der Waals surface area contributed by atoms with Gasteiger partial charge in [-0.05, 0) is 35.4 Å². The van der Waals surface area contributed by atoms with Gasteiger partial charge in [-0.15, -0.1) is 0 Å². The highest BCUT2D eigenvalue weighted by Gasteiger charge is 2.10. The number of hydrogen-bond acceptors (Lipinski definition) is 3. The maximum absolute atomic E-state index is 10.2. The van der Waals surface area contributed by atoms with Crippen LogP contribution in [0.3, 0.4) is 0 Å². The SMILES string of the molecule is OC(Cc1ccoc1)c1ccc2ncccc2c1. The van der Waals surface area contributed by atoms with Crippen molar-refractivity contribution in [2.45, 2.75) is 12.5 Å². The van der Waals surface area contributed by atoms with E-state index in [9.17, 15) is 5.11 Å². The van der Waals surface area contributed by atoms with Gasteiger partial charge in [0.1, 0.15) is 0 Å². The highest BCUT2D eigenvalue weighted by atomic mass is 16.3. The number of aromatic nitrogens is 1. The lowest BCUT2D eigenvalue weighted by Crippen LogP contribution is -2.00. The van der Waals surface area contributed by atoms with Crippen LogP contribution in [0.4, 0.5) is 0 Å². The number of furan rings is 1. The van der Waals surface area contributed by atoms with Gasteiger partial charge in [0.25, 0.3) is 0 Å². The van der Waals surface area contributed by atoms with Crippen molar-refractivity contribution in [3.05, 3.63) is 66.2 Å². The quantitative estimate of drug-likeness (QED) is 0.763. The minimum Gasteiger partial charge on any atom is -0.472 e. The van der Waals surface area contributed by atoms with Gasteiger partial charge >= 0.3 is 0 Å². The molecule has 1 N–H and O–H groups in total. The number of hydrogen-bond donors (Lipinski definition) is 1. The molecule has 0 saturated heterocycles. The molecular formula is C15H13NO2. The van der Waals surface area contributed by atoms with Gasteiger partial charge in [0, 0.05) is 18.0 Å². The third kappa shape index (κ3) is 2.13. The first-order valence-corrected chi connectivity index (χ1v) is 5.87. The Kier molecular flexibility index (Phi) is 2.82. The number of benzene rings is 1. The fraction of sp³-hybridized carbons (Fsp3) is 0.133. The molecule has 0 aliphatic rings. The molecule has 0 saturated carbocycles. The molecule has 3 nitrogen and oxygen atoms in total. The molecule has 90 valence electrons. The van der Waals surface area contributed by atoms with Crippen LogP contribution in [0.1, 0.15) is 17.2 Å². The van der Waals surface area contributed by atoms with Crippen LogP contribution in [0.5, 0.6) is 0 Å². The Hall–Kier alpha value is -2.13. The smallest absolute Gasteiger partial charge is 0.0935 e. The molecular weight excluding hydrogens is 226 g/mol. The van der Waals surface area contributed by atoms with Crippen LogP contribution >= 0.6 is 0 Å². The molecule has 3 aromatic rings. The average molecular weight is 239 g/mol. The van der Waals surface area contributed by atoms with Crippen molar-refractivity contribution in [3.63, 3.8) is 0 Å². The Morgan fingerprint density at radius 3 is 3.00 bits per heavy atom. The Balaban J connectivity index is 1.89. The van der Waals surface area contributed by atoms with E-state index < -0.39 is 6.10 Å². The largest absolute Gasteiger partial charge is 0.472 e. The van der Waals surface area contributed by atoms with Gasteiger partial charge in [0.05, 0.1) is 24.1 Å². The van der Waals surface area contributed by atoms with Crippen molar-refractivity contribution in [1.82, 2.24) is 4.98 Å². The molecule has 2 aromatic heterocycles. The lowest BCUT2D eigenvalue weighted by atomic mass is 10.0. The normalized spacial score (nSPS) is 12.7. The summed E-state index contributed by atoms with van der Waals surface area (Å²) in [7, 11) is 0. The zero-order chi connectivity index (χ0) is 12.4. The predicted octanol–water partition coefficient (Wildman–Crippen LogP) is 3.10. The van der Waals surface area contributed by atoms with Gasteiger partial charge in [-0.3, -0.25) is 4.98 Å². The monoisotopic (exact) mass is 239 g/mol. The Morgan fingerprint density at radius 1 is 1.22 bits per heavy atom. The van der Waals surface area contributed by atoms with Gasteiger partial charge in [-0.25, -0.2) is 0 Å². The van der Waals surface area contributed by atoms with E-state index in [1.54, 1.807) is 18.7 Å². The Morgan fingerprint density at radius 2 is 2.17 bits per heavy atom. The molecule has 0 aliphatic carbocycles. The highest BCUT2D eigenvalue weighted by Crippen LogP contribution is 2.22. The van der Waals surface area contributed by atoms with Gasteiger partial charge in [-0.2, -0.15) is 0 Å². The lowest BCUT2D eigenvalue weighted by molar-refractivity contribution is 0.178. The topological polar surface area (TPSA) is 46.3 Å². The minimum atomic E-state index is -0.521. The highest BCUT2D eigenvalue weighted by molar-refractivity contribution is 5.79. The van der Waals surface area contributed by atoms with Crippen molar-refractivity contribution in [2.75, 3.05) is 0 Å². The lowest BCUT2D eigenvalue weighted by Gasteiger charge is -2.10. The second kappa shape index (κ2) is 4.63. The predicted molar refractivity (Wildman–Crippen MR) is 69.1 cm³/mol. The van der Waals surface area contributed by atoms with E-state index in [-0.39, 0.29) is 0 Å². The Bertz CT molecular complexity index is 646. The van der Waals surface area contributed by atoms with Crippen LogP contribution in [0.15, 0.2) is 59.5 Å². The van der Waals surface area contributed by atoms with Crippen LogP contribution in [-0.2, 0) is 6.42 Å². The molecule has 18 heavy (non-hydrogen) atoms. The molecule has 1 unspecified atom stereocenters.